The van der Waals surface area contributed by atoms with E-state index in [9.17, 15) is 0 Å². The van der Waals surface area contributed by atoms with E-state index in [2.05, 4.69) is 4.85 Å². The summed E-state index contributed by atoms with van der Waals surface area (Å²) in [5.41, 5.74) is 0.910. The average molecular weight is 328 g/mol. The van der Waals surface area contributed by atoms with E-state index in [-0.39, 0.29) is 12.3 Å². The molecule has 0 saturated carbocycles. The highest BCUT2D eigenvalue weighted by Crippen LogP contribution is 2.29. The number of rotatable bonds is 6. The third-order valence-electron chi connectivity index (χ3n) is 3.55. The van der Waals surface area contributed by atoms with Gasteiger partial charge in [0.1, 0.15) is 0 Å². The summed E-state index contributed by atoms with van der Waals surface area (Å²) >= 11 is 11.9. The Morgan fingerprint density at radius 1 is 1.33 bits per heavy atom. The van der Waals surface area contributed by atoms with Gasteiger partial charge in [0.25, 0.3) is 0 Å². The SMILES string of the molecule is [C-]#[N+]C(CCCOC1CCCCO1)c1ccc(Cl)c(Cl)c1. The number of hydrogen-bond acceptors (Lipinski definition) is 2. The third-order valence-corrected chi connectivity index (χ3v) is 4.29. The Kier molecular flexibility index (Phi) is 6.79. The molecule has 1 fully saturated rings. The maximum atomic E-state index is 7.34. The highest BCUT2D eigenvalue weighted by molar-refractivity contribution is 6.42. The highest BCUT2D eigenvalue weighted by Gasteiger charge is 2.18. The molecule has 21 heavy (non-hydrogen) atoms. The van der Waals surface area contributed by atoms with Crippen molar-refractivity contribution in [2.24, 2.45) is 0 Å². The van der Waals surface area contributed by atoms with Crippen molar-refractivity contribution in [3.05, 3.63) is 45.2 Å². The molecule has 1 aliphatic heterocycles. The standard InChI is InChI=1S/C16H19Cl2NO2/c1-19-15(12-7-8-13(17)14(18)11-12)5-4-10-21-16-6-2-3-9-20-16/h7-8,11,15-16H,2-6,9-10H2. The molecule has 1 saturated heterocycles. The van der Waals surface area contributed by atoms with Crippen LogP contribution in [0.4, 0.5) is 0 Å². The maximum Gasteiger partial charge on any atom is 0.248 e. The van der Waals surface area contributed by atoms with E-state index in [4.69, 9.17) is 39.2 Å². The quantitative estimate of drug-likeness (QED) is 0.524. The van der Waals surface area contributed by atoms with Gasteiger partial charge < -0.3 is 14.3 Å². The summed E-state index contributed by atoms with van der Waals surface area (Å²) in [6.45, 7) is 8.75. The summed E-state index contributed by atoms with van der Waals surface area (Å²) in [4.78, 5) is 3.67. The lowest BCUT2D eigenvalue weighted by Gasteiger charge is -2.22. The fourth-order valence-electron chi connectivity index (χ4n) is 2.36. The molecule has 0 amide bonds. The van der Waals surface area contributed by atoms with Gasteiger partial charge in [-0.1, -0.05) is 23.2 Å². The van der Waals surface area contributed by atoms with Gasteiger partial charge in [-0.2, -0.15) is 0 Å². The Morgan fingerprint density at radius 2 is 2.19 bits per heavy atom. The molecule has 1 aliphatic rings. The molecule has 2 unspecified atom stereocenters. The van der Waals surface area contributed by atoms with Crippen LogP contribution >= 0.6 is 23.2 Å². The van der Waals surface area contributed by atoms with Gasteiger partial charge in [-0.25, -0.2) is 6.57 Å². The Morgan fingerprint density at radius 3 is 2.86 bits per heavy atom. The number of nitrogens with zero attached hydrogens (tertiary/aromatic N) is 1. The van der Waals surface area contributed by atoms with Crippen molar-refractivity contribution in [2.45, 2.75) is 44.4 Å². The van der Waals surface area contributed by atoms with Crippen LogP contribution in [-0.4, -0.2) is 19.5 Å². The zero-order chi connectivity index (χ0) is 15.1. The Hall–Kier alpha value is -0.790. The molecule has 0 radical (unpaired) electrons. The van der Waals surface area contributed by atoms with E-state index in [0.717, 1.165) is 37.9 Å². The van der Waals surface area contributed by atoms with Crippen LogP contribution in [-0.2, 0) is 9.47 Å². The second-order valence-corrected chi connectivity index (χ2v) is 5.94. The van der Waals surface area contributed by atoms with E-state index in [1.807, 2.05) is 6.07 Å². The lowest BCUT2D eigenvalue weighted by atomic mass is 10.0. The van der Waals surface area contributed by atoms with Gasteiger partial charge in [0.15, 0.2) is 6.29 Å². The summed E-state index contributed by atoms with van der Waals surface area (Å²) in [5.74, 6) is 0. The van der Waals surface area contributed by atoms with E-state index < -0.39 is 0 Å². The van der Waals surface area contributed by atoms with Crippen LogP contribution in [0.15, 0.2) is 18.2 Å². The van der Waals surface area contributed by atoms with Crippen molar-refractivity contribution in [1.29, 1.82) is 0 Å². The fraction of sp³-hybridized carbons (Fsp3) is 0.562. The fourth-order valence-corrected chi connectivity index (χ4v) is 2.67. The minimum atomic E-state index is -0.198. The maximum absolute atomic E-state index is 7.34. The third kappa shape index (κ3) is 5.16. The molecule has 0 spiro atoms. The molecule has 1 heterocycles. The van der Waals surface area contributed by atoms with Crippen LogP contribution < -0.4 is 0 Å². The van der Waals surface area contributed by atoms with E-state index in [1.54, 1.807) is 12.1 Å². The second-order valence-electron chi connectivity index (χ2n) is 5.13. The molecular formula is C16H19Cl2NO2. The number of ether oxygens (including phenoxy) is 2. The summed E-state index contributed by atoms with van der Waals surface area (Å²) < 4.78 is 11.2. The van der Waals surface area contributed by atoms with Crippen molar-refractivity contribution in [3.63, 3.8) is 0 Å². The van der Waals surface area contributed by atoms with Crippen molar-refractivity contribution >= 4 is 23.2 Å². The largest absolute Gasteiger partial charge is 0.353 e. The molecule has 3 nitrogen and oxygen atoms in total. The van der Waals surface area contributed by atoms with Crippen LogP contribution in [0.3, 0.4) is 0 Å². The van der Waals surface area contributed by atoms with Gasteiger partial charge in [0, 0.05) is 18.6 Å². The molecular weight excluding hydrogens is 309 g/mol. The minimum absolute atomic E-state index is 0.0601. The molecule has 0 N–H and O–H groups in total. The molecule has 0 aliphatic carbocycles. The molecule has 2 atom stereocenters. The molecule has 0 bridgehead atoms. The van der Waals surface area contributed by atoms with Crippen LogP contribution in [0, 0.1) is 6.57 Å². The van der Waals surface area contributed by atoms with Crippen molar-refractivity contribution < 1.29 is 9.47 Å². The molecule has 1 aromatic rings. The average Bonchev–Trinajstić information content (AvgIpc) is 2.51. The summed E-state index contributed by atoms with van der Waals surface area (Å²) in [7, 11) is 0. The van der Waals surface area contributed by atoms with Crippen LogP contribution in [0.5, 0.6) is 0 Å². The lowest BCUT2D eigenvalue weighted by molar-refractivity contribution is -0.162. The summed E-state index contributed by atoms with van der Waals surface area (Å²) in [5, 5.41) is 1.01. The van der Waals surface area contributed by atoms with Crippen LogP contribution in [0.25, 0.3) is 4.85 Å². The zero-order valence-corrected chi connectivity index (χ0v) is 13.4. The molecule has 1 aromatic carbocycles. The molecule has 114 valence electrons. The van der Waals surface area contributed by atoms with Gasteiger partial charge in [-0.05, 0) is 43.9 Å². The van der Waals surface area contributed by atoms with E-state index >= 15 is 0 Å². The Labute approximate surface area is 136 Å². The first-order valence-electron chi connectivity index (χ1n) is 7.25. The first-order valence-corrected chi connectivity index (χ1v) is 8.01. The van der Waals surface area contributed by atoms with E-state index in [0.29, 0.717) is 16.7 Å². The van der Waals surface area contributed by atoms with Gasteiger partial charge in [0.2, 0.25) is 6.04 Å². The molecule has 5 heteroatoms. The van der Waals surface area contributed by atoms with Crippen molar-refractivity contribution in [1.82, 2.24) is 0 Å². The smallest absolute Gasteiger partial charge is 0.248 e. The lowest BCUT2D eigenvalue weighted by Crippen LogP contribution is -2.22. The topological polar surface area (TPSA) is 22.8 Å². The number of halogens is 2. The predicted octanol–water partition coefficient (Wildman–Crippen LogP) is 5.28. The molecule has 0 aromatic heterocycles. The second kappa shape index (κ2) is 8.60. The Bertz CT molecular complexity index is 496. The van der Waals surface area contributed by atoms with Gasteiger partial charge in [-0.3, -0.25) is 0 Å². The predicted molar refractivity (Wildman–Crippen MR) is 84.6 cm³/mol. The van der Waals surface area contributed by atoms with Crippen LogP contribution in [0.2, 0.25) is 10.0 Å². The summed E-state index contributed by atoms with van der Waals surface area (Å²) in [6.07, 6.45) is 4.77. The highest BCUT2D eigenvalue weighted by atomic mass is 35.5. The molecule has 2 rings (SSSR count). The number of benzene rings is 1. The monoisotopic (exact) mass is 327 g/mol. The van der Waals surface area contributed by atoms with Crippen LogP contribution in [0.1, 0.15) is 43.7 Å². The van der Waals surface area contributed by atoms with Crippen molar-refractivity contribution in [3.8, 4) is 0 Å². The van der Waals surface area contributed by atoms with E-state index in [1.165, 1.54) is 6.42 Å². The van der Waals surface area contributed by atoms with Gasteiger partial charge in [-0.15, -0.1) is 0 Å². The first-order chi connectivity index (χ1) is 10.2. The summed E-state index contributed by atoms with van der Waals surface area (Å²) in [6, 6.07) is 5.18. The normalized spacial score (nSPS) is 20.0. The Balaban J connectivity index is 1.77. The van der Waals surface area contributed by atoms with Gasteiger partial charge in [0.05, 0.1) is 16.7 Å². The van der Waals surface area contributed by atoms with Gasteiger partial charge >= 0.3 is 0 Å². The zero-order valence-electron chi connectivity index (χ0n) is 11.9. The first kappa shape index (κ1) is 16.6. The minimum Gasteiger partial charge on any atom is -0.353 e. The van der Waals surface area contributed by atoms with Crippen molar-refractivity contribution in [2.75, 3.05) is 13.2 Å². The number of hydrogen-bond donors (Lipinski definition) is 0.